The number of hydrogen-bond acceptors (Lipinski definition) is 10. The monoisotopic (exact) mass is 735 g/mol. The van der Waals surface area contributed by atoms with Crippen molar-refractivity contribution in [3.8, 4) is 0 Å². The molecule has 0 spiro atoms. The molecule has 2 aliphatic carbocycles. The molecule has 0 bridgehead atoms. The first kappa shape index (κ1) is 36.8. The first-order valence-corrected chi connectivity index (χ1v) is 19.1. The molecule has 3 heterocycles. The summed E-state index contributed by atoms with van der Waals surface area (Å²) in [5.74, 6) is -3.00. The van der Waals surface area contributed by atoms with Crippen molar-refractivity contribution in [3.63, 3.8) is 0 Å². The summed E-state index contributed by atoms with van der Waals surface area (Å²) in [4.78, 5) is 70.7. The molecule has 2 saturated heterocycles. The number of ether oxygens (including phenoxy) is 3. The summed E-state index contributed by atoms with van der Waals surface area (Å²) in [6.07, 6.45) is -0.0551. The summed E-state index contributed by atoms with van der Waals surface area (Å²) in [6.45, 7) is 5.56. The molecule has 51 heavy (non-hydrogen) atoms. The van der Waals surface area contributed by atoms with E-state index in [9.17, 15) is 36.8 Å². The molecule has 0 radical (unpaired) electrons. The number of amides is 5. The van der Waals surface area contributed by atoms with Gasteiger partial charge in [-0.15, -0.1) is 0 Å². The van der Waals surface area contributed by atoms with Crippen LogP contribution in [0.5, 0.6) is 0 Å². The number of alkyl carbamates (subject to hydrolysis) is 1. The fraction of sp³-hybridized carbons (Fsp3) is 0.676. The number of nitrogens with zero attached hydrogens (tertiary/aromatic N) is 2. The molecule has 15 nitrogen and oxygen atoms in total. The van der Waals surface area contributed by atoms with E-state index in [-0.39, 0.29) is 51.4 Å². The number of carbonyl (C=O) groups is 5. The standard InChI is InChI=1S/C34H46FN5O10S/c1-33(2,3)50-31(44)36-26-10-6-14-48-13-5-8-21-16-34(21,30(43)38-51(46,47)23-11-12-23)37-28(41)27-15-22(18-40(27)29(26)42)49-32(45)39-17-20-7-4-9-25(35)24(20)19-39/h4,7,9,21-23,26-27H,5-6,8,10-19H2,1-3H3,(H,36,44)(H,37,41)(H,38,43)/t21-,22+,26-,27-,34+/m0/s1. The zero-order valence-corrected chi connectivity index (χ0v) is 29.9. The van der Waals surface area contributed by atoms with Crippen molar-refractivity contribution in [2.45, 2.75) is 120 Å². The van der Waals surface area contributed by atoms with Crippen molar-refractivity contribution in [1.29, 1.82) is 0 Å². The number of fused-ring (bicyclic) bond motifs is 3. The molecule has 5 aliphatic rings. The highest BCUT2D eigenvalue weighted by Crippen LogP contribution is 2.48. The van der Waals surface area contributed by atoms with Crippen LogP contribution in [0.2, 0.25) is 0 Å². The predicted octanol–water partition coefficient (Wildman–Crippen LogP) is 2.21. The Morgan fingerprint density at radius 1 is 1.06 bits per heavy atom. The first-order chi connectivity index (χ1) is 24.1. The molecule has 1 aromatic rings. The summed E-state index contributed by atoms with van der Waals surface area (Å²) in [6, 6.07) is 2.22. The van der Waals surface area contributed by atoms with E-state index in [1.165, 1.54) is 15.9 Å². The second-order valence-electron chi connectivity index (χ2n) is 15.1. The van der Waals surface area contributed by atoms with Crippen molar-refractivity contribution in [2.75, 3.05) is 19.8 Å². The Morgan fingerprint density at radius 3 is 2.47 bits per heavy atom. The Balaban J connectivity index is 1.24. The van der Waals surface area contributed by atoms with Gasteiger partial charge < -0.3 is 29.7 Å². The van der Waals surface area contributed by atoms with Gasteiger partial charge in [0.25, 0.3) is 5.91 Å². The van der Waals surface area contributed by atoms with Crippen molar-refractivity contribution >= 4 is 39.9 Å². The molecule has 280 valence electrons. The third-order valence-electron chi connectivity index (χ3n) is 9.97. The number of rotatable bonds is 5. The van der Waals surface area contributed by atoms with Crippen molar-refractivity contribution in [1.82, 2.24) is 25.2 Å². The quantitative estimate of drug-likeness (QED) is 0.405. The minimum atomic E-state index is -3.92. The summed E-state index contributed by atoms with van der Waals surface area (Å²) < 4.78 is 59.0. The second-order valence-corrected chi connectivity index (χ2v) is 17.1. The highest BCUT2D eigenvalue weighted by molar-refractivity contribution is 7.91. The Bertz CT molecular complexity index is 1680. The molecule has 6 rings (SSSR count). The minimum Gasteiger partial charge on any atom is -0.444 e. The number of benzene rings is 1. The first-order valence-electron chi connectivity index (χ1n) is 17.5. The number of sulfonamides is 1. The van der Waals surface area contributed by atoms with Crippen molar-refractivity contribution < 1.29 is 51.0 Å². The molecule has 17 heteroatoms. The van der Waals surface area contributed by atoms with Gasteiger partial charge >= 0.3 is 12.2 Å². The molecule has 2 saturated carbocycles. The zero-order valence-electron chi connectivity index (χ0n) is 29.1. The molecule has 0 unspecified atom stereocenters. The summed E-state index contributed by atoms with van der Waals surface area (Å²) in [5, 5.41) is 4.76. The lowest BCUT2D eigenvalue weighted by atomic mass is 10.1. The molecule has 5 amide bonds. The lowest BCUT2D eigenvalue weighted by Gasteiger charge is -2.30. The lowest BCUT2D eigenvalue weighted by molar-refractivity contribution is -0.141. The number of nitrogens with one attached hydrogen (secondary N) is 3. The molecular weight excluding hydrogens is 689 g/mol. The van der Waals surface area contributed by atoms with Crippen LogP contribution in [0.25, 0.3) is 0 Å². The Kier molecular flexibility index (Phi) is 10.2. The van der Waals surface area contributed by atoms with E-state index in [2.05, 4.69) is 15.4 Å². The van der Waals surface area contributed by atoms with Crippen LogP contribution in [0.4, 0.5) is 14.0 Å². The maximum absolute atomic E-state index is 14.4. The van der Waals surface area contributed by atoms with E-state index >= 15 is 0 Å². The van der Waals surface area contributed by atoms with E-state index in [1.807, 2.05) is 0 Å². The molecule has 1 aromatic carbocycles. The van der Waals surface area contributed by atoms with Gasteiger partial charge in [-0.1, -0.05) is 12.1 Å². The van der Waals surface area contributed by atoms with E-state index in [4.69, 9.17) is 14.2 Å². The smallest absolute Gasteiger partial charge is 0.410 e. The van der Waals surface area contributed by atoms with E-state index in [0.29, 0.717) is 49.8 Å². The van der Waals surface area contributed by atoms with Crippen LogP contribution in [-0.4, -0.2) is 102 Å². The fourth-order valence-electron chi connectivity index (χ4n) is 7.08. The van der Waals surface area contributed by atoms with Gasteiger partial charge in [0.2, 0.25) is 21.8 Å². The van der Waals surface area contributed by atoms with Crippen LogP contribution >= 0.6 is 0 Å². The highest BCUT2D eigenvalue weighted by atomic mass is 32.2. The van der Waals surface area contributed by atoms with E-state index in [1.54, 1.807) is 32.9 Å². The number of carbonyl (C=O) groups excluding carboxylic acids is 5. The maximum Gasteiger partial charge on any atom is 0.410 e. The van der Waals surface area contributed by atoms with Crippen LogP contribution in [0.1, 0.15) is 83.3 Å². The molecule has 3 aliphatic heterocycles. The molecule has 0 aromatic heterocycles. The third kappa shape index (κ3) is 8.40. The number of hydrogen-bond donors (Lipinski definition) is 3. The van der Waals surface area contributed by atoms with Crippen LogP contribution in [0.15, 0.2) is 18.2 Å². The molecule has 5 atom stereocenters. The average Bonchev–Trinajstić information content (AvgIpc) is 3.93. The molecule has 3 N–H and O–H groups in total. The van der Waals surface area contributed by atoms with Gasteiger partial charge in [-0.25, -0.2) is 22.4 Å². The van der Waals surface area contributed by atoms with Gasteiger partial charge in [0.05, 0.1) is 18.3 Å². The SMILES string of the molecule is CC(C)(C)OC(=O)N[C@H]1CCCOCCC[C@H]2C[C@@]2(C(=O)NS(=O)(=O)C2CC2)NC(=O)[C@@H]2C[C@@H](OC(=O)N3Cc4cccc(F)c4C3)CN2C1=O. The van der Waals surface area contributed by atoms with Crippen LogP contribution in [0.3, 0.4) is 0 Å². The third-order valence-corrected chi connectivity index (χ3v) is 11.8. The largest absolute Gasteiger partial charge is 0.444 e. The van der Waals surface area contributed by atoms with Crippen molar-refractivity contribution in [3.05, 3.63) is 35.1 Å². The lowest BCUT2D eigenvalue weighted by Crippen LogP contribution is -2.58. The average molecular weight is 736 g/mol. The van der Waals surface area contributed by atoms with Gasteiger partial charge in [0, 0.05) is 31.7 Å². The van der Waals surface area contributed by atoms with Crippen LogP contribution < -0.4 is 15.4 Å². The van der Waals surface area contributed by atoms with Crippen LogP contribution in [-0.2, 0) is 51.7 Å². The highest BCUT2D eigenvalue weighted by Gasteiger charge is 2.62. The van der Waals surface area contributed by atoms with Gasteiger partial charge in [0.1, 0.15) is 35.1 Å². The van der Waals surface area contributed by atoms with Gasteiger partial charge in [-0.2, -0.15) is 0 Å². The Hall–Kier alpha value is -3.99. The van der Waals surface area contributed by atoms with Gasteiger partial charge in [-0.05, 0) is 83.3 Å². The van der Waals surface area contributed by atoms with Gasteiger partial charge in [-0.3, -0.25) is 24.0 Å². The van der Waals surface area contributed by atoms with Crippen LogP contribution in [0, 0.1) is 11.7 Å². The summed E-state index contributed by atoms with van der Waals surface area (Å²) in [5.41, 5.74) is -1.35. The summed E-state index contributed by atoms with van der Waals surface area (Å²) in [7, 11) is -3.92. The predicted molar refractivity (Wildman–Crippen MR) is 178 cm³/mol. The molecular formula is C34H46FN5O10S. The van der Waals surface area contributed by atoms with Gasteiger partial charge in [0.15, 0.2) is 0 Å². The number of halogens is 1. The minimum absolute atomic E-state index is 0.00709. The Labute approximate surface area is 296 Å². The molecule has 4 fully saturated rings. The Morgan fingerprint density at radius 2 is 1.78 bits per heavy atom. The zero-order chi connectivity index (χ0) is 36.7. The van der Waals surface area contributed by atoms with E-state index in [0.717, 1.165) is 0 Å². The normalized spacial score (nSPS) is 28.6. The second kappa shape index (κ2) is 14.2. The maximum atomic E-state index is 14.4. The fourth-order valence-corrected chi connectivity index (χ4v) is 8.45. The summed E-state index contributed by atoms with van der Waals surface area (Å²) >= 11 is 0. The van der Waals surface area contributed by atoms with E-state index < -0.39 is 80.3 Å². The topological polar surface area (TPSA) is 190 Å². The van der Waals surface area contributed by atoms with Crippen molar-refractivity contribution in [2.24, 2.45) is 5.92 Å².